The minimum atomic E-state index is -0.288. The molecular formula is C17H25ClN2O. The van der Waals surface area contributed by atoms with Crippen molar-refractivity contribution < 1.29 is 4.79 Å². The predicted octanol–water partition coefficient (Wildman–Crippen LogP) is 3.59. The van der Waals surface area contributed by atoms with Gasteiger partial charge >= 0.3 is 0 Å². The molecule has 1 fully saturated rings. The standard InChI is InChI=1S/C17H25ClN2O/c1-13(14-5-7-15(18)8-6-14)19-9-11-20(12-10-19)16(21)17(2,3)4/h5-8,13H,9-12H2,1-4H3. The van der Waals surface area contributed by atoms with Gasteiger partial charge in [0, 0.05) is 42.7 Å². The Labute approximate surface area is 132 Å². The van der Waals surface area contributed by atoms with E-state index >= 15 is 0 Å². The molecular weight excluding hydrogens is 284 g/mol. The first-order valence-corrected chi connectivity index (χ1v) is 7.96. The van der Waals surface area contributed by atoms with Crippen molar-refractivity contribution in [2.75, 3.05) is 26.2 Å². The molecule has 0 N–H and O–H groups in total. The maximum atomic E-state index is 12.3. The molecule has 1 aromatic rings. The van der Waals surface area contributed by atoms with Crippen LogP contribution in [0.15, 0.2) is 24.3 Å². The second-order valence-corrected chi connectivity index (χ2v) is 7.24. The van der Waals surface area contributed by atoms with Crippen molar-refractivity contribution in [3.05, 3.63) is 34.9 Å². The Hall–Kier alpha value is -1.06. The summed E-state index contributed by atoms with van der Waals surface area (Å²) in [5.41, 5.74) is 0.985. The lowest BCUT2D eigenvalue weighted by Gasteiger charge is -2.40. The Morgan fingerprint density at radius 3 is 2.10 bits per heavy atom. The molecule has 4 heteroatoms. The van der Waals surface area contributed by atoms with E-state index in [1.54, 1.807) is 0 Å². The normalized spacial score (nSPS) is 18.6. The van der Waals surface area contributed by atoms with Gasteiger partial charge in [-0.2, -0.15) is 0 Å². The Bertz CT molecular complexity index is 485. The number of rotatable bonds is 2. The third-order valence-electron chi connectivity index (χ3n) is 4.14. The number of piperazine rings is 1. The van der Waals surface area contributed by atoms with E-state index in [0.717, 1.165) is 31.2 Å². The Kier molecular flexibility index (Phi) is 4.95. The Morgan fingerprint density at radius 1 is 1.10 bits per heavy atom. The highest BCUT2D eigenvalue weighted by molar-refractivity contribution is 6.30. The molecule has 2 rings (SSSR count). The zero-order chi connectivity index (χ0) is 15.6. The summed E-state index contributed by atoms with van der Waals surface area (Å²) in [6.07, 6.45) is 0. The molecule has 3 nitrogen and oxygen atoms in total. The fourth-order valence-corrected chi connectivity index (χ4v) is 2.86. The molecule has 1 unspecified atom stereocenters. The van der Waals surface area contributed by atoms with E-state index in [-0.39, 0.29) is 11.3 Å². The van der Waals surface area contributed by atoms with Crippen LogP contribution in [0.5, 0.6) is 0 Å². The quantitative estimate of drug-likeness (QED) is 0.833. The van der Waals surface area contributed by atoms with Crippen LogP contribution in [0, 0.1) is 5.41 Å². The van der Waals surface area contributed by atoms with Crippen LogP contribution >= 0.6 is 11.6 Å². The third-order valence-corrected chi connectivity index (χ3v) is 4.40. The third kappa shape index (κ3) is 3.98. The molecule has 0 saturated carbocycles. The highest BCUT2D eigenvalue weighted by Crippen LogP contribution is 2.24. The van der Waals surface area contributed by atoms with Crippen LogP contribution in [0.2, 0.25) is 5.02 Å². The summed E-state index contributed by atoms with van der Waals surface area (Å²) in [6.45, 7) is 11.6. The Balaban J connectivity index is 1.94. The lowest BCUT2D eigenvalue weighted by Crippen LogP contribution is -2.52. The topological polar surface area (TPSA) is 23.6 Å². The number of benzene rings is 1. The van der Waals surface area contributed by atoms with Gasteiger partial charge in [0.2, 0.25) is 5.91 Å². The van der Waals surface area contributed by atoms with Crippen LogP contribution in [0.25, 0.3) is 0 Å². The van der Waals surface area contributed by atoms with Crippen LogP contribution in [0.3, 0.4) is 0 Å². The molecule has 0 radical (unpaired) electrons. The molecule has 1 amide bonds. The molecule has 21 heavy (non-hydrogen) atoms. The maximum Gasteiger partial charge on any atom is 0.228 e. The molecule has 1 atom stereocenters. The maximum absolute atomic E-state index is 12.3. The van der Waals surface area contributed by atoms with Crippen molar-refractivity contribution in [2.45, 2.75) is 33.7 Å². The SMILES string of the molecule is CC(c1ccc(Cl)cc1)N1CCN(C(=O)C(C)(C)C)CC1. The second-order valence-electron chi connectivity index (χ2n) is 6.81. The van der Waals surface area contributed by atoms with Crippen LogP contribution < -0.4 is 0 Å². The molecule has 1 aliphatic rings. The van der Waals surface area contributed by atoms with Crippen molar-refractivity contribution in [3.8, 4) is 0 Å². The van der Waals surface area contributed by atoms with Crippen molar-refractivity contribution in [2.24, 2.45) is 5.41 Å². The van der Waals surface area contributed by atoms with Gasteiger partial charge in [0.1, 0.15) is 0 Å². The number of carbonyl (C=O) groups is 1. The molecule has 1 saturated heterocycles. The van der Waals surface area contributed by atoms with Gasteiger partial charge in [-0.15, -0.1) is 0 Å². The summed E-state index contributed by atoms with van der Waals surface area (Å²) in [5.74, 6) is 0.251. The summed E-state index contributed by atoms with van der Waals surface area (Å²) < 4.78 is 0. The minimum absolute atomic E-state index is 0.251. The van der Waals surface area contributed by atoms with Gasteiger partial charge in [-0.25, -0.2) is 0 Å². The zero-order valence-corrected chi connectivity index (χ0v) is 14.2. The summed E-state index contributed by atoms with van der Waals surface area (Å²) in [4.78, 5) is 16.7. The molecule has 116 valence electrons. The molecule has 0 aliphatic carbocycles. The van der Waals surface area contributed by atoms with E-state index in [1.807, 2.05) is 37.8 Å². The van der Waals surface area contributed by atoms with Crippen molar-refractivity contribution in [3.63, 3.8) is 0 Å². The fourth-order valence-electron chi connectivity index (χ4n) is 2.74. The number of halogens is 1. The second kappa shape index (κ2) is 6.37. The van der Waals surface area contributed by atoms with E-state index in [2.05, 4.69) is 24.0 Å². The van der Waals surface area contributed by atoms with E-state index in [1.165, 1.54) is 5.56 Å². The van der Waals surface area contributed by atoms with Crippen LogP contribution in [-0.2, 0) is 4.79 Å². The summed E-state index contributed by atoms with van der Waals surface area (Å²) in [5, 5.41) is 0.770. The summed E-state index contributed by atoms with van der Waals surface area (Å²) in [6, 6.07) is 8.40. The molecule has 1 aliphatic heterocycles. The van der Waals surface area contributed by atoms with E-state index < -0.39 is 0 Å². The minimum Gasteiger partial charge on any atom is -0.340 e. The molecule has 0 aromatic heterocycles. The largest absolute Gasteiger partial charge is 0.340 e. The molecule has 0 spiro atoms. The van der Waals surface area contributed by atoms with Gasteiger partial charge in [-0.1, -0.05) is 44.5 Å². The van der Waals surface area contributed by atoms with Crippen molar-refractivity contribution >= 4 is 17.5 Å². The Morgan fingerprint density at radius 2 is 1.62 bits per heavy atom. The smallest absolute Gasteiger partial charge is 0.228 e. The zero-order valence-electron chi connectivity index (χ0n) is 13.4. The highest BCUT2D eigenvalue weighted by atomic mass is 35.5. The lowest BCUT2D eigenvalue weighted by atomic mass is 9.94. The van der Waals surface area contributed by atoms with Crippen molar-refractivity contribution in [1.82, 2.24) is 9.80 Å². The van der Waals surface area contributed by atoms with Crippen LogP contribution in [-0.4, -0.2) is 41.9 Å². The fraction of sp³-hybridized carbons (Fsp3) is 0.588. The molecule has 0 bridgehead atoms. The van der Waals surface area contributed by atoms with Crippen LogP contribution in [0.1, 0.15) is 39.3 Å². The van der Waals surface area contributed by atoms with Crippen molar-refractivity contribution in [1.29, 1.82) is 0 Å². The number of carbonyl (C=O) groups excluding carboxylic acids is 1. The number of nitrogens with zero attached hydrogens (tertiary/aromatic N) is 2. The molecule has 1 aromatic carbocycles. The van der Waals surface area contributed by atoms with E-state index in [0.29, 0.717) is 6.04 Å². The average Bonchev–Trinajstić information content (AvgIpc) is 2.46. The van der Waals surface area contributed by atoms with Gasteiger partial charge in [0.25, 0.3) is 0 Å². The number of hydrogen-bond donors (Lipinski definition) is 0. The monoisotopic (exact) mass is 308 g/mol. The van der Waals surface area contributed by atoms with Crippen LogP contribution in [0.4, 0.5) is 0 Å². The van der Waals surface area contributed by atoms with Gasteiger partial charge in [0.15, 0.2) is 0 Å². The predicted molar refractivity (Wildman–Crippen MR) is 87.5 cm³/mol. The first-order valence-electron chi connectivity index (χ1n) is 7.58. The van der Waals surface area contributed by atoms with E-state index in [9.17, 15) is 4.79 Å². The first-order chi connectivity index (χ1) is 9.79. The van der Waals surface area contributed by atoms with Gasteiger partial charge < -0.3 is 4.90 Å². The number of amides is 1. The summed E-state index contributed by atoms with van der Waals surface area (Å²) in [7, 11) is 0. The summed E-state index contributed by atoms with van der Waals surface area (Å²) >= 11 is 5.94. The van der Waals surface area contributed by atoms with Gasteiger partial charge in [-0.3, -0.25) is 9.69 Å². The van der Waals surface area contributed by atoms with Gasteiger partial charge in [0.05, 0.1) is 0 Å². The average molecular weight is 309 g/mol. The lowest BCUT2D eigenvalue weighted by molar-refractivity contribution is -0.141. The number of hydrogen-bond acceptors (Lipinski definition) is 2. The first kappa shape index (κ1) is 16.3. The van der Waals surface area contributed by atoms with E-state index in [4.69, 9.17) is 11.6 Å². The highest BCUT2D eigenvalue weighted by Gasteiger charge is 2.30. The molecule has 1 heterocycles. The van der Waals surface area contributed by atoms with Gasteiger partial charge in [-0.05, 0) is 24.6 Å².